The number of pyridine rings is 1. The second-order valence-corrected chi connectivity index (χ2v) is 7.84. The summed E-state index contributed by atoms with van der Waals surface area (Å²) in [6.07, 6.45) is 3.13. The van der Waals surface area contributed by atoms with Gasteiger partial charge in [-0.15, -0.1) is 0 Å². The van der Waals surface area contributed by atoms with Crippen LogP contribution in [-0.2, 0) is 13.0 Å². The van der Waals surface area contributed by atoms with Gasteiger partial charge < -0.3 is 14.6 Å². The van der Waals surface area contributed by atoms with E-state index in [1.165, 1.54) is 11.1 Å². The molecule has 4 aromatic rings. The van der Waals surface area contributed by atoms with Crippen molar-refractivity contribution in [3.63, 3.8) is 0 Å². The van der Waals surface area contributed by atoms with Crippen LogP contribution in [0.15, 0.2) is 66.9 Å². The minimum Gasteiger partial charge on any atom is -0.494 e. The van der Waals surface area contributed by atoms with Gasteiger partial charge >= 0.3 is 0 Å². The van der Waals surface area contributed by atoms with Crippen LogP contribution >= 0.6 is 0 Å². The van der Waals surface area contributed by atoms with E-state index in [1.54, 1.807) is 24.4 Å². The number of aryl methyl sites for hydroxylation is 3. The third kappa shape index (κ3) is 5.14. The first kappa shape index (κ1) is 21.6. The van der Waals surface area contributed by atoms with Gasteiger partial charge in [-0.05, 0) is 67.8 Å². The van der Waals surface area contributed by atoms with Crippen LogP contribution in [0, 0.1) is 13.8 Å². The van der Waals surface area contributed by atoms with Crippen molar-refractivity contribution in [3.05, 3.63) is 89.5 Å². The molecule has 0 aliphatic heterocycles. The number of nitrogens with zero attached hydrogens (tertiary/aromatic N) is 3. The van der Waals surface area contributed by atoms with Gasteiger partial charge in [-0.3, -0.25) is 9.78 Å². The smallest absolute Gasteiger partial charge is 0.269 e. The monoisotopic (exact) mass is 428 g/mol. The number of hydrogen-bond acceptors (Lipinski definition) is 4. The van der Waals surface area contributed by atoms with Gasteiger partial charge in [0.15, 0.2) is 0 Å². The number of imidazole rings is 1. The van der Waals surface area contributed by atoms with Crippen molar-refractivity contribution in [2.45, 2.75) is 33.2 Å². The zero-order valence-electron chi connectivity index (χ0n) is 18.5. The minimum atomic E-state index is -0.171. The Hall–Kier alpha value is -3.67. The summed E-state index contributed by atoms with van der Waals surface area (Å²) in [5.74, 6) is 1.69. The highest BCUT2D eigenvalue weighted by Gasteiger charge is 2.12. The Morgan fingerprint density at radius 1 is 1.03 bits per heavy atom. The lowest BCUT2D eigenvalue weighted by atomic mass is 10.1. The molecule has 0 saturated carbocycles. The van der Waals surface area contributed by atoms with Crippen molar-refractivity contribution >= 4 is 16.9 Å². The lowest BCUT2D eigenvalue weighted by Gasteiger charge is -2.12. The fraction of sp³-hybridized carbons (Fsp3) is 0.269. The lowest BCUT2D eigenvalue weighted by molar-refractivity contribution is 0.0949. The van der Waals surface area contributed by atoms with Crippen LogP contribution in [0.25, 0.3) is 11.0 Å². The third-order valence-electron chi connectivity index (χ3n) is 5.54. The summed E-state index contributed by atoms with van der Waals surface area (Å²) in [6, 6.07) is 19.6. The van der Waals surface area contributed by atoms with Gasteiger partial charge in [0.25, 0.3) is 5.91 Å². The van der Waals surface area contributed by atoms with E-state index in [0.717, 1.165) is 35.6 Å². The summed E-state index contributed by atoms with van der Waals surface area (Å²) in [7, 11) is 0. The Kier molecular flexibility index (Phi) is 6.80. The molecule has 0 atom stereocenters. The van der Waals surface area contributed by atoms with Crippen LogP contribution in [0.5, 0.6) is 5.75 Å². The Morgan fingerprint density at radius 2 is 1.88 bits per heavy atom. The number of carbonyl (C=O) groups is 1. The molecule has 2 heterocycles. The summed E-state index contributed by atoms with van der Waals surface area (Å²) in [5.41, 5.74) is 4.99. The highest BCUT2D eigenvalue weighted by atomic mass is 16.5. The fourth-order valence-corrected chi connectivity index (χ4v) is 3.66. The number of rotatable bonds is 9. The summed E-state index contributed by atoms with van der Waals surface area (Å²) < 4.78 is 8.18. The second-order valence-electron chi connectivity index (χ2n) is 7.84. The molecular weight excluding hydrogens is 400 g/mol. The molecule has 0 aliphatic carbocycles. The minimum absolute atomic E-state index is 0.171. The standard InChI is InChI=1S/C26H28N4O2/c1-19-11-12-21(18-20(19)2)32-17-7-16-30-24-10-4-3-8-22(24)29-25(30)13-15-28-26(31)23-9-5-6-14-27-23/h3-6,8-12,14,18H,7,13,15-17H2,1-2H3,(H,28,31). The molecule has 32 heavy (non-hydrogen) atoms. The number of nitrogens with one attached hydrogen (secondary N) is 1. The molecule has 0 spiro atoms. The molecule has 4 rings (SSSR count). The fourth-order valence-electron chi connectivity index (χ4n) is 3.66. The molecule has 2 aromatic heterocycles. The van der Waals surface area contributed by atoms with Gasteiger partial charge in [-0.2, -0.15) is 0 Å². The number of fused-ring (bicyclic) bond motifs is 1. The van der Waals surface area contributed by atoms with Crippen LogP contribution < -0.4 is 10.1 Å². The predicted octanol–water partition coefficient (Wildman–Crippen LogP) is 4.49. The average Bonchev–Trinajstić information content (AvgIpc) is 3.17. The van der Waals surface area contributed by atoms with E-state index in [4.69, 9.17) is 9.72 Å². The van der Waals surface area contributed by atoms with Crippen molar-refractivity contribution in [1.82, 2.24) is 19.9 Å². The SMILES string of the molecule is Cc1ccc(OCCCn2c(CCNC(=O)c3ccccn3)nc3ccccc32)cc1C. The molecule has 0 bridgehead atoms. The van der Waals surface area contributed by atoms with E-state index in [2.05, 4.69) is 46.9 Å². The van der Waals surface area contributed by atoms with Crippen LogP contribution in [0.4, 0.5) is 0 Å². The average molecular weight is 429 g/mol. The number of ether oxygens (including phenoxy) is 1. The number of carbonyl (C=O) groups excluding carboxylic acids is 1. The molecule has 6 nitrogen and oxygen atoms in total. The first-order valence-corrected chi connectivity index (χ1v) is 11.0. The Morgan fingerprint density at radius 3 is 2.69 bits per heavy atom. The largest absolute Gasteiger partial charge is 0.494 e. The van der Waals surface area contributed by atoms with Crippen molar-refractivity contribution in [2.24, 2.45) is 0 Å². The maximum absolute atomic E-state index is 12.3. The molecule has 0 radical (unpaired) electrons. The summed E-state index contributed by atoms with van der Waals surface area (Å²) in [5, 5.41) is 2.94. The summed E-state index contributed by atoms with van der Waals surface area (Å²) in [4.78, 5) is 21.2. The van der Waals surface area contributed by atoms with Crippen LogP contribution in [0.1, 0.15) is 33.9 Å². The quantitative estimate of drug-likeness (QED) is 0.399. The Labute approximate surface area is 188 Å². The molecule has 6 heteroatoms. The van der Waals surface area contributed by atoms with Crippen molar-refractivity contribution in [3.8, 4) is 5.75 Å². The number of aromatic nitrogens is 3. The first-order valence-electron chi connectivity index (χ1n) is 11.0. The van der Waals surface area contributed by atoms with E-state index in [9.17, 15) is 4.79 Å². The topological polar surface area (TPSA) is 69.0 Å². The summed E-state index contributed by atoms with van der Waals surface area (Å²) >= 11 is 0. The molecule has 164 valence electrons. The normalized spacial score (nSPS) is 10.9. The zero-order chi connectivity index (χ0) is 22.3. The number of benzene rings is 2. The van der Waals surface area contributed by atoms with Gasteiger partial charge in [0, 0.05) is 25.7 Å². The lowest BCUT2D eigenvalue weighted by Crippen LogP contribution is -2.27. The molecular formula is C26H28N4O2. The van der Waals surface area contributed by atoms with Crippen LogP contribution in [-0.4, -0.2) is 33.6 Å². The van der Waals surface area contributed by atoms with Gasteiger partial charge in [0.05, 0.1) is 17.6 Å². The zero-order valence-corrected chi connectivity index (χ0v) is 18.5. The van der Waals surface area contributed by atoms with Crippen molar-refractivity contribution in [2.75, 3.05) is 13.2 Å². The Bertz CT molecular complexity index is 1200. The number of amides is 1. The Balaban J connectivity index is 1.37. The maximum atomic E-state index is 12.3. The van der Waals surface area contributed by atoms with Crippen LogP contribution in [0.2, 0.25) is 0 Å². The van der Waals surface area contributed by atoms with E-state index in [0.29, 0.717) is 25.3 Å². The van der Waals surface area contributed by atoms with E-state index in [-0.39, 0.29) is 5.91 Å². The third-order valence-corrected chi connectivity index (χ3v) is 5.54. The van der Waals surface area contributed by atoms with E-state index < -0.39 is 0 Å². The maximum Gasteiger partial charge on any atom is 0.269 e. The number of hydrogen-bond donors (Lipinski definition) is 1. The van der Waals surface area contributed by atoms with E-state index >= 15 is 0 Å². The molecule has 2 aromatic carbocycles. The second kappa shape index (κ2) is 10.1. The van der Waals surface area contributed by atoms with Crippen LogP contribution in [0.3, 0.4) is 0 Å². The van der Waals surface area contributed by atoms with Crippen molar-refractivity contribution < 1.29 is 9.53 Å². The molecule has 1 amide bonds. The van der Waals surface area contributed by atoms with Gasteiger partial charge in [-0.1, -0.05) is 24.3 Å². The molecule has 0 saturated heterocycles. The highest BCUT2D eigenvalue weighted by Crippen LogP contribution is 2.19. The number of para-hydroxylation sites is 2. The summed E-state index contributed by atoms with van der Waals surface area (Å²) in [6.45, 7) is 6.12. The predicted molar refractivity (Wildman–Crippen MR) is 126 cm³/mol. The van der Waals surface area contributed by atoms with Gasteiger partial charge in [0.1, 0.15) is 17.3 Å². The molecule has 0 aliphatic rings. The van der Waals surface area contributed by atoms with Gasteiger partial charge in [-0.25, -0.2) is 4.98 Å². The molecule has 1 N–H and O–H groups in total. The highest BCUT2D eigenvalue weighted by molar-refractivity contribution is 5.92. The molecule has 0 fully saturated rings. The van der Waals surface area contributed by atoms with E-state index in [1.807, 2.05) is 24.3 Å². The van der Waals surface area contributed by atoms with Crippen molar-refractivity contribution in [1.29, 1.82) is 0 Å². The first-order chi connectivity index (χ1) is 15.6. The van der Waals surface area contributed by atoms with Gasteiger partial charge in [0.2, 0.25) is 0 Å². The molecule has 0 unspecified atom stereocenters.